The molecule has 0 radical (unpaired) electrons. The minimum absolute atomic E-state index is 0.0431. The Balaban J connectivity index is 1.47. The van der Waals surface area contributed by atoms with Crippen LogP contribution in [0.2, 0.25) is 0 Å². The molecule has 1 N–H and O–H groups in total. The first-order valence-electron chi connectivity index (χ1n) is 8.50. The van der Waals surface area contributed by atoms with Gasteiger partial charge in [-0.15, -0.1) is 0 Å². The van der Waals surface area contributed by atoms with Gasteiger partial charge < -0.3 is 5.32 Å². The molecule has 1 heterocycles. The van der Waals surface area contributed by atoms with E-state index in [2.05, 4.69) is 15.4 Å². The number of rotatable bonds is 5. The Hall–Kier alpha value is -2.95. The molecule has 0 aliphatic heterocycles. The number of aromatic nitrogens is 3. The van der Waals surface area contributed by atoms with Gasteiger partial charge in [-0.05, 0) is 43.0 Å². The molecule has 1 saturated carbocycles. The molecule has 0 spiro atoms. The summed E-state index contributed by atoms with van der Waals surface area (Å²) in [7, 11) is 0. The molecule has 2 aromatic carbocycles. The molecule has 126 valence electrons. The minimum Gasteiger partial charge on any atom is -0.349 e. The number of nitrogens with zero attached hydrogens (tertiary/aromatic N) is 3. The van der Waals surface area contributed by atoms with Crippen molar-refractivity contribution < 1.29 is 4.79 Å². The second-order valence-electron chi connectivity index (χ2n) is 6.57. The molecule has 3 aromatic rings. The standard InChI is InChI=1S/C20H20N4O/c1-15(16-7-9-18(10-8-16)24-14-21-13-22-24)23-19(25)20(11-12-20)17-5-3-2-4-6-17/h2-10,13-15H,11-12H2,1H3,(H,23,25). The van der Waals surface area contributed by atoms with Crippen molar-refractivity contribution in [2.24, 2.45) is 0 Å². The second-order valence-corrected chi connectivity index (χ2v) is 6.57. The summed E-state index contributed by atoms with van der Waals surface area (Å²) < 4.78 is 1.71. The summed E-state index contributed by atoms with van der Waals surface area (Å²) in [6.07, 6.45) is 5.01. The van der Waals surface area contributed by atoms with Crippen molar-refractivity contribution in [2.45, 2.75) is 31.2 Å². The van der Waals surface area contributed by atoms with Crippen LogP contribution in [0.15, 0.2) is 67.3 Å². The lowest BCUT2D eigenvalue weighted by Gasteiger charge is -2.20. The third-order valence-corrected chi connectivity index (χ3v) is 4.93. The van der Waals surface area contributed by atoms with E-state index in [0.29, 0.717) is 0 Å². The summed E-state index contributed by atoms with van der Waals surface area (Å²) in [6.45, 7) is 2.02. The summed E-state index contributed by atoms with van der Waals surface area (Å²) in [6, 6.07) is 18.0. The fourth-order valence-electron chi connectivity index (χ4n) is 3.20. The molecule has 1 aliphatic rings. The maximum Gasteiger partial charge on any atom is 0.231 e. The Bertz CT molecular complexity index is 852. The fraction of sp³-hybridized carbons (Fsp3) is 0.250. The molecule has 1 unspecified atom stereocenters. The van der Waals surface area contributed by atoms with Crippen LogP contribution in [0.25, 0.3) is 5.69 Å². The average Bonchev–Trinajstić information content (AvgIpc) is 3.30. The fourth-order valence-corrected chi connectivity index (χ4v) is 3.20. The highest BCUT2D eigenvalue weighted by molar-refractivity contribution is 5.91. The Labute approximate surface area is 146 Å². The van der Waals surface area contributed by atoms with Crippen LogP contribution in [-0.4, -0.2) is 20.7 Å². The zero-order valence-corrected chi connectivity index (χ0v) is 14.1. The van der Waals surface area contributed by atoms with Gasteiger partial charge >= 0.3 is 0 Å². The monoisotopic (exact) mass is 332 g/mol. The van der Waals surface area contributed by atoms with E-state index < -0.39 is 0 Å². The van der Waals surface area contributed by atoms with Crippen LogP contribution in [0.1, 0.15) is 36.9 Å². The lowest BCUT2D eigenvalue weighted by atomic mass is 9.94. The highest BCUT2D eigenvalue weighted by Crippen LogP contribution is 2.48. The van der Waals surface area contributed by atoms with Gasteiger partial charge in [-0.1, -0.05) is 42.5 Å². The van der Waals surface area contributed by atoms with E-state index in [-0.39, 0.29) is 17.4 Å². The zero-order valence-electron chi connectivity index (χ0n) is 14.1. The predicted octanol–water partition coefficient (Wildman–Crippen LogP) is 3.18. The predicted molar refractivity (Wildman–Crippen MR) is 95.3 cm³/mol. The van der Waals surface area contributed by atoms with Crippen molar-refractivity contribution in [3.05, 3.63) is 78.4 Å². The number of carbonyl (C=O) groups is 1. The largest absolute Gasteiger partial charge is 0.349 e. The van der Waals surface area contributed by atoms with Gasteiger partial charge in [0, 0.05) is 0 Å². The summed E-state index contributed by atoms with van der Waals surface area (Å²) in [5.41, 5.74) is 2.79. The van der Waals surface area contributed by atoms with Gasteiger partial charge in [0.2, 0.25) is 5.91 Å². The average molecular weight is 332 g/mol. The van der Waals surface area contributed by atoms with Crippen molar-refractivity contribution in [3.8, 4) is 5.69 Å². The summed E-state index contributed by atoms with van der Waals surface area (Å²) >= 11 is 0. The van der Waals surface area contributed by atoms with Gasteiger partial charge in [0.15, 0.2) is 0 Å². The van der Waals surface area contributed by atoms with E-state index in [4.69, 9.17) is 0 Å². The third kappa shape index (κ3) is 2.93. The minimum atomic E-state index is -0.337. The third-order valence-electron chi connectivity index (χ3n) is 4.93. The highest BCUT2D eigenvalue weighted by Gasteiger charge is 2.51. The zero-order chi connectivity index (χ0) is 17.3. The van der Waals surface area contributed by atoms with Crippen LogP contribution in [0.4, 0.5) is 0 Å². The maximum absolute atomic E-state index is 12.8. The molecule has 1 aromatic heterocycles. The molecule has 4 rings (SSSR count). The Kier molecular flexibility index (Phi) is 3.84. The molecule has 5 nitrogen and oxygen atoms in total. The number of hydrogen-bond donors (Lipinski definition) is 1. The SMILES string of the molecule is CC(NC(=O)C1(c2ccccc2)CC1)c1ccc(-n2cncn2)cc1. The highest BCUT2D eigenvalue weighted by atomic mass is 16.2. The van der Waals surface area contributed by atoms with E-state index in [1.165, 1.54) is 6.33 Å². The van der Waals surface area contributed by atoms with Gasteiger partial charge in [-0.3, -0.25) is 4.79 Å². The van der Waals surface area contributed by atoms with E-state index in [1.807, 2.05) is 61.5 Å². The van der Waals surface area contributed by atoms with Crippen LogP contribution in [-0.2, 0) is 10.2 Å². The van der Waals surface area contributed by atoms with Crippen molar-refractivity contribution in [2.75, 3.05) is 0 Å². The number of amides is 1. The molecule has 1 amide bonds. The van der Waals surface area contributed by atoms with Crippen molar-refractivity contribution in [1.82, 2.24) is 20.1 Å². The van der Waals surface area contributed by atoms with E-state index in [9.17, 15) is 4.79 Å². The number of hydrogen-bond acceptors (Lipinski definition) is 3. The van der Waals surface area contributed by atoms with Crippen molar-refractivity contribution in [1.29, 1.82) is 0 Å². The first kappa shape index (κ1) is 15.6. The Morgan fingerprint density at radius 2 is 1.84 bits per heavy atom. The number of benzene rings is 2. The number of nitrogens with one attached hydrogen (secondary N) is 1. The topological polar surface area (TPSA) is 59.8 Å². The molecule has 1 atom stereocenters. The Morgan fingerprint density at radius 1 is 1.12 bits per heavy atom. The molecule has 1 fully saturated rings. The summed E-state index contributed by atoms with van der Waals surface area (Å²) in [5, 5.41) is 7.30. The van der Waals surface area contributed by atoms with E-state index in [0.717, 1.165) is 29.7 Å². The summed E-state index contributed by atoms with van der Waals surface area (Å²) in [4.78, 5) is 16.8. The molecule has 25 heavy (non-hydrogen) atoms. The first-order valence-corrected chi connectivity index (χ1v) is 8.50. The van der Waals surface area contributed by atoms with Gasteiger partial charge in [0.25, 0.3) is 0 Å². The molecular weight excluding hydrogens is 312 g/mol. The van der Waals surface area contributed by atoms with Gasteiger partial charge in [0.05, 0.1) is 17.1 Å². The van der Waals surface area contributed by atoms with E-state index >= 15 is 0 Å². The van der Waals surface area contributed by atoms with Gasteiger partial charge in [-0.25, -0.2) is 9.67 Å². The van der Waals surface area contributed by atoms with Crippen LogP contribution in [0, 0.1) is 0 Å². The lowest BCUT2D eigenvalue weighted by molar-refractivity contribution is -0.124. The molecule has 5 heteroatoms. The van der Waals surface area contributed by atoms with E-state index in [1.54, 1.807) is 11.0 Å². The molecule has 1 aliphatic carbocycles. The van der Waals surface area contributed by atoms with Crippen molar-refractivity contribution in [3.63, 3.8) is 0 Å². The molecule has 0 saturated heterocycles. The normalized spacial score (nSPS) is 16.2. The van der Waals surface area contributed by atoms with Crippen LogP contribution in [0.5, 0.6) is 0 Å². The summed E-state index contributed by atoms with van der Waals surface area (Å²) in [5.74, 6) is 0.117. The quantitative estimate of drug-likeness (QED) is 0.781. The molecule has 0 bridgehead atoms. The molecular formula is C20H20N4O. The Morgan fingerprint density at radius 3 is 2.44 bits per heavy atom. The smallest absolute Gasteiger partial charge is 0.231 e. The van der Waals surface area contributed by atoms with Crippen LogP contribution < -0.4 is 5.32 Å². The maximum atomic E-state index is 12.8. The van der Waals surface area contributed by atoms with Crippen LogP contribution >= 0.6 is 0 Å². The van der Waals surface area contributed by atoms with Gasteiger partial charge in [-0.2, -0.15) is 5.10 Å². The lowest BCUT2D eigenvalue weighted by Crippen LogP contribution is -2.36. The second kappa shape index (κ2) is 6.16. The number of carbonyl (C=O) groups excluding carboxylic acids is 1. The van der Waals surface area contributed by atoms with Crippen molar-refractivity contribution >= 4 is 5.91 Å². The van der Waals surface area contributed by atoms with Crippen LogP contribution in [0.3, 0.4) is 0 Å². The first-order chi connectivity index (χ1) is 12.2. The van der Waals surface area contributed by atoms with Gasteiger partial charge in [0.1, 0.15) is 12.7 Å².